The molecule has 0 unspecified atom stereocenters. The minimum Gasteiger partial charge on any atom is -0.350 e. The minimum absolute atomic E-state index is 0.314. The van der Waals surface area contributed by atoms with Crippen molar-refractivity contribution < 1.29 is 0 Å². The molecule has 1 aliphatic rings. The van der Waals surface area contributed by atoms with Gasteiger partial charge in [-0.15, -0.1) is 0 Å². The van der Waals surface area contributed by atoms with E-state index in [4.69, 9.17) is 0 Å². The number of benzene rings is 2. The quantitative estimate of drug-likeness (QED) is 0.617. The molecule has 1 aromatic heterocycles. The molecule has 134 valence electrons. The molecule has 2 aromatic carbocycles. The molecule has 4 rings (SSSR count). The molecule has 2 nitrogen and oxygen atoms in total. The van der Waals surface area contributed by atoms with Crippen LogP contribution in [0.15, 0.2) is 60.8 Å². The van der Waals surface area contributed by atoms with Crippen LogP contribution in [0.2, 0.25) is 0 Å². The second-order valence-corrected chi connectivity index (χ2v) is 7.76. The van der Waals surface area contributed by atoms with Gasteiger partial charge in [-0.1, -0.05) is 59.2 Å². The van der Waals surface area contributed by atoms with E-state index in [9.17, 15) is 0 Å². The van der Waals surface area contributed by atoms with Gasteiger partial charge in [0.15, 0.2) is 0 Å². The molecule has 1 aliphatic heterocycles. The van der Waals surface area contributed by atoms with Gasteiger partial charge in [0.05, 0.1) is 6.04 Å². The molecule has 0 saturated carbocycles. The summed E-state index contributed by atoms with van der Waals surface area (Å²) in [7, 11) is 0. The summed E-state index contributed by atoms with van der Waals surface area (Å²) in [5.74, 6) is 0. The summed E-state index contributed by atoms with van der Waals surface area (Å²) in [6, 6.07) is 20.8. The molecule has 0 fully saturated rings. The molecule has 0 radical (unpaired) electrons. The number of aryl methyl sites for hydroxylation is 4. The van der Waals surface area contributed by atoms with Gasteiger partial charge in [-0.05, 0) is 50.5 Å². The molecule has 2 heteroatoms. The van der Waals surface area contributed by atoms with Crippen LogP contribution in [-0.2, 0) is 13.1 Å². The van der Waals surface area contributed by atoms with Gasteiger partial charge in [-0.3, -0.25) is 4.90 Å². The fourth-order valence-corrected chi connectivity index (χ4v) is 4.33. The Morgan fingerprint density at radius 1 is 0.846 bits per heavy atom. The van der Waals surface area contributed by atoms with Crippen LogP contribution in [0, 0.1) is 20.8 Å². The first-order chi connectivity index (χ1) is 12.6. The Labute approximate surface area is 157 Å². The largest absolute Gasteiger partial charge is 0.350 e. The van der Waals surface area contributed by atoms with Gasteiger partial charge in [0, 0.05) is 31.5 Å². The van der Waals surface area contributed by atoms with Gasteiger partial charge >= 0.3 is 0 Å². The average Bonchev–Trinajstić information content (AvgIpc) is 2.97. The maximum atomic E-state index is 2.65. The van der Waals surface area contributed by atoms with Crippen LogP contribution in [0.4, 0.5) is 0 Å². The van der Waals surface area contributed by atoms with Crippen LogP contribution in [0.1, 0.15) is 46.0 Å². The Morgan fingerprint density at radius 2 is 1.58 bits per heavy atom. The van der Waals surface area contributed by atoms with Crippen molar-refractivity contribution in [1.82, 2.24) is 9.47 Å². The summed E-state index contributed by atoms with van der Waals surface area (Å²) in [4.78, 5) is 2.65. The zero-order chi connectivity index (χ0) is 18.1. The number of fused-ring (bicyclic) bond motifs is 1. The first kappa shape index (κ1) is 17.1. The summed E-state index contributed by atoms with van der Waals surface area (Å²) < 4.78 is 2.44. The Balaban J connectivity index is 1.74. The maximum absolute atomic E-state index is 2.65. The third kappa shape index (κ3) is 3.47. The van der Waals surface area contributed by atoms with Crippen molar-refractivity contribution >= 4 is 0 Å². The second-order valence-electron chi connectivity index (χ2n) is 7.76. The molecule has 0 spiro atoms. The number of nitrogens with zero attached hydrogens (tertiary/aromatic N) is 2. The summed E-state index contributed by atoms with van der Waals surface area (Å²) >= 11 is 0. The Morgan fingerprint density at radius 3 is 2.31 bits per heavy atom. The number of hydrogen-bond donors (Lipinski definition) is 0. The molecule has 2 heterocycles. The molecular weight excluding hydrogens is 316 g/mol. The van der Waals surface area contributed by atoms with E-state index in [0.717, 1.165) is 19.6 Å². The average molecular weight is 345 g/mol. The van der Waals surface area contributed by atoms with E-state index in [2.05, 4.69) is 91.0 Å². The molecule has 0 aliphatic carbocycles. The molecule has 3 aromatic rings. The third-order valence-electron chi connectivity index (χ3n) is 5.41. The monoisotopic (exact) mass is 344 g/mol. The molecular formula is C24H28N2. The smallest absolute Gasteiger partial charge is 0.0759 e. The first-order valence-corrected chi connectivity index (χ1v) is 9.63. The third-order valence-corrected chi connectivity index (χ3v) is 5.41. The Bertz CT molecular complexity index is 869. The highest BCUT2D eigenvalue weighted by Crippen LogP contribution is 2.33. The number of hydrogen-bond acceptors (Lipinski definition) is 1. The van der Waals surface area contributed by atoms with Gasteiger partial charge in [-0.2, -0.15) is 0 Å². The predicted molar refractivity (Wildman–Crippen MR) is 108 cm³/mol. The lowest BCUT2D eigenvalue weighted by Gasteiger charge is -2.31. The van der Waals surface area contributed by atoms with Crippen molar-refractivity contribution in [3.8, 4) is 0 Å². The molecule has 0 bridgehead atoms. The lowest BCUT2D eigenvalue weighted by molar-refractivity contribution is 0.220. The van der Waals surface area contributed by atoms with Crippen molar-refractivity contribution in [3.05, 3.63) is 94.3 Å². The van der Waals surface area contributed by atoms with Crippen LogP contribution in [-0.4, -0.2) is 16.0 Å². The van der Waals surface area contributed by atoms with Gasteiger partial charge in [0.1, 0.15) is 0 Å². The SMILES string of the molecule is Cc1ccc([C@@H]2c3cccn3CCCN2Cc2cc(C)cc(C)c2)cc1. The maximum Gasteiger partial charge on any atom is 0.0759 e. The highest BCUT2D eigenvalue weighted by molar-refractivity contribution is 5.33. The summed E-state index contributed by atoms with van der Waals surface area (Å²) in [5, 5.41) is 0. The van der Waals surface area contributed by atoms with E-state index in [1.165, 1.54) is 39.9 Å². The van der Waals surface area contributed by atoms with Crippen molar-refractivity contribution in [2.75, 3.05) is 6.54 Å². The van der Waals surface area contributed by atoms with E-state index in [-0.39, 0.29) is 0 Å². The highest BCUT2D eigenvalue weighted by atomic mass is 15.2. The zero-order valence-corrected chi connectivity index (χ0v) is 16.1. The van der Waals surface area contributed by atoms with Crippen LogP contribution in [0.3, 0.4) is 0 Å². The molecule has 0 saturated heterocycles. The number of rotatable bonds is 3. The minimum atomic E-state index is 0.314. The lowest BCUT2D eigenvalue weighted by Crippen LogP contribution is -2.29. The van der Waals surface area contributed by atoms with Crippen molar-refractivity contribution in [1.29, 1.82) is 0 Å². The van der Waals surface area contributed by atoms with Crippen LogP contribution < -0.4 is 0 Å². The standard InChI is InChI=1S/C24H28N2/c1-18-7-9-22(10-8-18)24-23-6-4-11-25(23)12-5-13-26(24)17-21-15-19(2)14-20(3)16-21/h4,6-11,14-16,24H,5,12-13,17H2,1-3H3/t24-/m1/s1. The Hall–Kier alpha value is -2.32. The van der Waals surface area contributed by atoms with E-state index in [1.54, 1.807) is 0 Å². The van der Waals surface area contributed by atoms with Crippen LogP contribution in [0.5, 0.6) is 0 Å². The summed E-state index contributed by atoms with van der Waals surface area (Å²) in [6.45, 7) is 9.77. The van der Waals surface area contributed by atoms with E-state index in [1.807, 2.05) is 0 Å². The molecule has 0 amide bonds. The van der Waals surface area contributed by atoms with Gasteiger partial charge < -0.3 is 4.57 Å². The van der Waals surface area contributed by atoms with E-state index >= 15 is 0 Å². The molecule has 1 atom stereocenters. The zero-order valence-electron chi connectivity index (χ0n) is 16.1. The van der Waals surface area contributed by atoms with Gasteiger partial charge in [0.25, 0.3) is 0 Å². The summed E-state index contributed by atoms with van der Waals surface area (Å²) in [5.41, 5.74) is 8.24. The fourth-order valence-electron chi connectivity index (χ4n) is 4.33. The highest BCUT2D eigenvalue weighted by Gasteiger charge is 2.27. The van der Waals surface area contributed by atoms with E-state index < -0.39 is 0 Å². The van der Waals surface area contributed by atoms with Crippen LogP contribution >= 0.6 is 0 Å². The van der Waals surface area contributed by atoms with Gasteiger partial charge in [0.2, 0.25) is 0 Å². The van der Waals surface area contributed by atoms with E-state index in [0.29, 0.717) is 6.04 Å². The molecule has 26 heavy (non-hydrogen) atoms. The Kier molecular flexibility index (Phi) is 4.69. The molecule has 0 N–H and O–H groups in total. The van der Waals surface area contributed by atoms with Crippen LogP contribution in [0.25, 0.3) is 0 Å². The predicted octanol–water partition coefficient (Wildman–Crippen LogP) is 5.41. The normalized spacial score (nSPS) is 17.7. The fraction of sp³-hybridized carbons (Fsp3) is 0.333. The van der Waals surface area contributed by atoms with Crippen molar-refractivity contribution in [2.45, 2.75) is 46.3 Å². The van der Waals surface area contributed by atoms with Crippen molar-refractivity contribution in [2.24, 2.45) is 0 Å². The van der Waals surface area contributed by atoms with Gasteiger partial charge in [-0.25, -0.2) is 0 Å². The first-order valence-electron chi connectivity index (χ1n) is 9.63. The second kappa shape index (κ2) is 7.13. The topological polar surface area (TPSA) is 8.17 Å². The number of aromatic nitrogens is 1. The van der Waals surface area contributed by atoms with Crippen molar-refractivity contribution in [3.63, 3.8) is 0 Å². The lowest BCUT2D eigenvalue weighted by atomic mass is 9.99. The summed E-state index contributed by atoms with van der Waals surface area (Å²) in [6.07, 6.45) is 3.42.